The molecule has 102 valence electrons. The normalized spacial score (nSPS) is 11.3. The van der Waals surface area contributed by atoms with Crippen molar-refractivity contribution in [2.24, 2.45) is 0 Å². The molecule has 2 aromatic heterocycles. The van der Waals surface area contributed by atoms with Gasteiger partial charge in [-0.2, -0.15) is 5.10 Å². The minimum atomic E-state index is 0.264. The molecular weight excluding hydrogens is 252 g/mol. The molecule has 5 nitrogen and oxygen atoms in total. The van der Waals surface area contributed by atoms with Crippen LogP contribution in [0.2, 0.25) is 0 Å². The molecule has 0 saturated heterocycles. The Balaban J connectivity index is 2.07. The number of rotatable bonds is 4. The molecule has 0 bridgehead atoms. The van der Waals surface area contributed by atoms with E-state index in [1.54, 1.807) is 6.33 Å². The number of aromatic nitrogens is 4. The number of para-hydroxylation sites is 1. The lowest BCUT2D eigenvalue weighted by molar-refractivity contribution is 0.112. The van der Waals surface area contributed by atoms with Crippen LogP contribution in [0, 0.1) is 0 Å². The van der Waals surface area contributed by atoms with E-state index < -0.39 is 0 Å². The number of benzene rings is 1. The van der Waals surface area contributed by atoms with Crippen molar-refractivity contribution < 1.29 is 4.79 Å². The van der Waals surface area contributed by atoms with Crippen molar-refractivity contribution in [2.75, 3.05) is 0 Å². The first kappa shape index (κ1) is 12.6. The lowest BCUT2D eigenvalue weighted by Crippen LogP contribution is -2.11. The second kappa shape index (κ2) is 4.92. The molecule has 3 rings (SSSR count). The van der Waals surface area contributed by atoms with Gasteiger partial charge in [-0.15, -0.1) is 0 Å². The summed E-state index contributed by atoms with van der Waals surface area (Å²) in [5.41, 5.74) is 1.64. The third-order valence-corrected chi connectivity index (χ3v) is 3.39. The molecule has 0 aliphatic rings. The Morgan fingerprint density at radius 3 is 2.90 bits per heavy atom. The Kier molecular flexibility index (Phi) is 3.10. The molecule has 20 heavy (non-hydrogen) atoms. The Bertz CT molecular complexity index is 754. The third kappa shape index (κ3) is 2.01. The van der Waals surface area contributed by atoms with Crippen LogP contribution in [0.15, 0.2) is 36.8 Å². The summed E-state index contributed by atoms with van der Waals surface area (Å²) >= 11 is 0. The fourth-order valence-electron chi connectivity index (χ4n) is 2.49. The second-order valence-corrected chi connectivity index (χ2v) is 5.06. The first-order chi connectivity index (χ1) is 9.70. The zero-order valence-electron chi connectivity index (χ0n) is 11.5. The van der Waals surface area contributed by atoms with Gasteiger partial charge in [-0.25, -0.2) is 9.67 Å². The fourth-order valence-corrected chi connectivity index (χ4v) is 2.49. The van der Waals surface area contributed by atoms with Crippen molar-refractivity contribution >= 4 is 17.2 Å². The van der Waals surface area contributed by atoms with Crippen LogP contribution >= 0.6 is 0 Å². The molecule has 0 saturated carbocycles. The van der Waals surface area contributed by atoms with Gasteiger partial charge in [0.2, 0.25) is 0 Å². The molecule has 2 heterocycles. The molecule has 5 heteroatoms. The highest BCUT2D eigenvalue weighted by Crippen LogP contribution is 2.20. The lowest BCUT2D eigenvalue weighted by atomic mass is 10.1. The van der Waals surface area contributed by atoms with Crippen LogP contribution < -0.4 is 0 Å². The standard InChI is InChI=1S/C15H16N4O/c1-11(2)19-14(16-10-17-19)8-18-7-6-12-4-3-5-13(9-20)15(12)18/h3-7,9-11H,8H2,1-2H3. The number of hydrogen-bond donors (Lipinski definition) is 0. The van der Waals surface area contributed by atoms with Gasteiger partial charge >= 0.3 is 0 Å². The third-order valence-electron chi connectivity index (χ3n) is 3.39. The first-order valence-electron chi connectivity index (χ1n) is 6.62. The predicted molar refractivity (Wildman–Crippen MR) is 76.8 cm³/mol. The summed E-state index contributed by atoms with van der Waals surface area (Å²) in [5, 5.41) is 5.30. The van der Waals surface area contributed by atoms with Crippen LogP contribution in [0.25, 0.3) is 10.9 Å². The first-order valence-corrected chi connectivity index (χ1v) is 6.62. The summed E-state index contributed by atoms with van der Waals surface area (Å²) in [6.07, 6.45) is 4.45. The zero-order valence-corrected chi connectivity index (χ0v) is 11.5. The number of fused-ring (bicyclic) bond motifs is 1. The number of carbonyl (C=O) groups is 1. The predicted octanol–water partition coefficient (Wildman–Crippen LogP) is 2.67. The van der Waals surface area contributed by atoms with Crippen LogP contribution in [0.3, 0.4) is 0 Å². The van der Waals surface area contributed by atoms with Gasteiger partial charge in [0.05, 0.1) is 12.1 Å². The molecule has 1 aromatic carbocycles. The molecule has 0 aliphatic carbocycles. The highest BCUT2D eigenvalue weighted by molar-refractivity contribution is 5.96. The van der Waals surface area contributed by atoms with Crippen molar-refractivity contribution in [1.29, 1.82) is 0 Å². The van der Waals surface area contributed by atoms with E-state index in [-0.39, 0.29) is 6.04 Å². The van der Waals surface area contributed by atoms with Crippen molar-refractivity contribution in [1.82, 2.24) is 19.3 Å². The van der Waals surface area contributed by atoms with Gasteiger partial charge in [0, 0.05) is 23.2 Å². The van der Waals surface area contributed by atoms with Crippen molar-refractivity contribution in [2.45, 2.75) is 26.4 Å². The van der Waals surface area contributed by atoms with E-state index in [9.17, 15) is 4.79 Å². The molecular formula is C15H16N4O. The van der Waals surface area contributed by atoms with Crippen molar-refractivity contribution in [3.05, 3.63) is 48.2 Å². The molecule has 0 amide bonds. The van der Waals surface area contributed by atoms with Crippen molar-refractivity contribution in [3.8, 4) is 0 Å². The van der Waals surface area contributed by atoms with E-state index in [2.05, 4.69) is 23.9 Å². The van der Waals surface area contributed by atoms with Crippen LogP contribution in [0.4, 0.5) is 0 Å². The van der Waals surface area contributed by atoms with E-state index in [1.807, 2.05) is 39.7 Å². The molecule has 0 unspecified atom stereocenters. The average Bonchev–Trinajstić information content (AvgIpc) is 3.06. The zero-order chi connectivity index (χ0) is 14.1. The van der Waals surface area contributed by atoms with Gasteiger partial charge in [0.25, 0.3) is 0 Å². The van der Waals surface area contributed by atoms with Crippen molar-refractivity contribution in [3.63, 3.8) is 0 Å². The maximum Gasteiger partial charge on any atom is 0.152 e. The Morgan fingerprint density at radius 1 is 1.30 bits per heavy atom. The number of nitrogens with zero attached hydrogens (tertiary/aromatic N) is 4. The Hall–Kier alpha value is -2.43. The van der Waals surface area contributed by atoms with Gasteiger partial charge in [-0.3, -0.25) is 4.79 Å². The molecule has 0 atom stereocenters. The summed E-state index contributed by atoms with van der Waals surface area (Å²) in [6, 6.07) is 8.01. The van der Waals surface area contributed by atoms with Crippen LogP contribution in [-0.4, -0.2) is 25.6 Å². The number of aldehydes is 1. The summed E-state index contributed by atoms with van der Waals surface area (Å²) in [6.45, 7) is 4.75. The molecule has 0 aliphatic heterocycles. The average molecular weight is 268 g/mol. The van der Waals surface area contributed by atoms with Gasteiger partial charge in [-0.1, -0.05) is 12.1 Å². The SMILES string of the molecule is CC(C)n1ncnc1Cn1ccc2cccc(C=O)c21. The smallest absolute Gasteiger partial charge is 0.152 e. The topological polar surface area (TPSA) is 52.7 Å². The van der Waals surface area contributed by atoms with E-state index in [0.717, 1.165) is 23.0 Å². The summed E-state index contributed by atoms with van der Waals surface area (Å²) in [7, 11) is 0. The largest absolute Gasteiger partial charge is 0.339 e. The van der Waals surface area contributed by atoms with Crippen LogP contribution in [0.5, 0.6) is 0 Å². The van der Waals surface area contributed by atoms with E-state index in [4.69, 9.17) is 0 Å². The highest BCUT2D eigenvalue weighted by atomic mass is 16.1. The van der Waals surface area contributed by atoms with Gasteiger partial charge in [-0.05, 0) is 26.0 Å². The minimum absolute atomic E-state index is 0.264. The number of carbonyl (C=O) groups excluding carboxylic acids is 1. The molecule has 0 spiro atoms. The lowest BCUT2D eigenvalue weighted by Gasteiger charge is -2.11. The van der Waals surface area contributed by atoms with Crippen LogP contribution in [0.1, 0.15) is 36.1 Å². The Labute approximate surface area is 116 Å². The van der Waals surface area contributed by atoms with Gasteiger partial charge < -0.3 is 4.57 Å². The van der Waals surface area contributed by atoms with Gasteiger partial charge in [0.1, 0.15) is 12.2 Å². The summed E-state index contributed by atoms with van der Waals surface area (Å²) in [4.78, 5) is 15.5. The molecule has 0 N–H and O–H groups in total. The minimum Gasteiger partial charge on any atom is -0.339 e. The van der Waals surface area contributed by atoms with Crippen LogP contribution in [-0.2, 0) is 6.54 Å². The quantitative estimate of drug-likeness (QED) is 0.683. The fraction of sp³-hybridized carbons (Fsp3) is 0.267. The molecule has 0 fully saturated rings. The van der Waals surface area contributed by atoms with E-state index >= 15 is 0 Å². The highest BCUT2D eigenvalue weighted by Gasteiger charge is 2.11. The monoisotopic (exact) mass is 268 g/mol. The second-order valence-electron chi connectivity index (χ2n) is 5.06. The van der Waals surface area contributed by atoms with E-state index in [1.165, 1.54) is 0 Å². The summed E-state index contributed by atoms with van der Waals surface area (Å²) in [5.74, 6) is 0.887. The molecule has 0 radical (unpaired) electrons. The maximum absolute atomic E-state index is 11.2. The van der Waals surface area contributed by atoms with Gasteiger partial charge in [0.15, 0.2) is 6.29 Å². The van der Waals surface area contributed by atoms with E-state index in [0.29, 0.717) is 12.1 Å². The maximum atomic E-state index is 11.2. The molecule has 3 aromatic rings. The number of hydrogen-bond acceptors (Lipinski definition) is 3. The summed E-state index contributed by atoms with van der Waals surface area (Å²) < 4.78 is 3.94. The Morgan fingerprint density at radius 2 is 2.15 bits per heavy atom.